The van der Waals surface area contributed by atoms with Gasteiger partial charge in [-0.3, -0.25) is 4.79 Å². The minimum Gasteiger partial charge on any atom is -0.355 e. The molecule has 4 nitrogen and oxygen atoms in total. The lowest BCUT2D eigenvalue weighted by molar-refractivity contribution is -0.118. The fourth-order valence-corrected chi connectivity index (χ4v) is 3.14. The van der Waals surface area contributed by atoms with Gasteiger partial charge in [0, 0.05) is 6.54 Å². The third-order valence-corrected chi connectivity index (χ3v) is 4.91. The first-order valence-corrected chi connectivity index (χ1v) is 8.76. The zero-order valence-electron chi connectivity index (χ0n) is 12.2. The fraction of sp³-hybridized carbons (Fsp3) is 0.400. The third-order valence-electron chi connectivity index (χ3n) is 3.05. The average Bonchev–Trinajstić information content (AvgIpc) is 2.99. The van der Waals surface area contributed by atoms with Crippen molar-refractivity contribution in [2.24, 2.45) is 0 Å². The van der Waals surface area contributed by atoms with Gasteiger partial charge < -0.3 is 5.32 Å². The lowest BCUT2D eigenvalue weighted by Crippen LogP contribution is -2.27. The molecule has 2 rings (SSSR count). The van der Waals surface area contributed by atoms with E-state index in [2.05, 4.69) is 53.6 Å². The Balaban J connectivity index is 1.67. The number of benzene rings is 1. The molecular formula is C15H19N3OS2. The highest BCUT2D eigenvalue weighted by Crippen LogP contribution is 2.18. The van der Waals surface area contributed by atoms with Crippen molar-refractivity contribution in [2.75, 3.05) is 12.3 Å². The van der Waals surface area contributed by atoms with E-state index >= 15 is 0 Å². The maximum absolute atomic E-state index is 11.7. The standard InChI is InChI=1S/C15H19N3OS2/c1-11(2)13-5-3-12(4-6-13)7-8-16-14(19)9-20-15-18-17-10-21-15/h3-6,10-11H,7-9H2,1-2H3,(H,16,19). The summed E-state index contributed by atoms with van der Waals surface area (Å²) in [5.74, 6) is 0.978. The molecular weight excluding hydrogens is 302 g/mol. The van der Waals surface area contributed by atoms with Gasteiger partial charge in [0.25, 0.3) is 0 Å². The van der Waals surface area contributed by atoms with Crippen LogP contribution in [0.15, 0.2) is 34.1 Å². The lowest BCUT2D eigenvalue weighted by Gasteiger charge is -2.07. The Morgan fingerprint density at radius 3 is 2.71 bits per heavy atom. The van der Waals surface area contributed by atoms with E-state index in [4.69, 9.17) is 0 Å². The molecule has 1 aromatic heterocycles. The number of hydrogen-bond donors (Lipinski definition) is 1. The summed E-state index contributed by atoms with van der Waals surface area (Å²) in [5, 5.41) is 10.6. The second kappa shape index (κ2) is 8.14. The number of nitrogens with zero attached hydrogens (tertiary/aromatic N) is 2. The molecule has 0 bridgehead atoms. The van der Waals surface area contributed by atoms with E-state index in [1.165, 1.54) is 34.2 Å². The van der Waals surface area contributed by atoms with Gasteiger partial charge >= 0.3 is 0 Å². The number of rotatable bonds is 7. The van der Waals surface area contributed by atoms with Crippen LogP contribution >= 0.6 is 23.1 Å². The van der Waals surface area contributed by atoms with E-state index < -0.39 is 0 Å². The van der Waals surface area contributed by atoms with Crippen LogP contribution in [0.25, 0.3) is 0 Å². The van der Waals surface area contributed by atoms with Crippen LogP contribution in [0.1, 0.15) is 30.9 Å². The van der Waals surface area contributed by atoms with Gasteiger partial charge in [-0.25, -0.2) is 0 Å². The predicted molar refractivity (Wildman–Crippen MR) is 87.9 cm³/mol. The number of nitrogens with one attached hydrogen (secondary N) is 1. The second-order valence-electron chi connectivity index (χ2n) is 4.99. The monoisotopic (exact) mass is 321 g/mol. The first-order valence-electron chi connectivity index (χ1n) is 6.89. The summed E-state index contributed by atoms with van der Waals surface area (Å²) in [4.78, 5) is 11.7. The average molecular weight is 321 g/mol. The van der Waals surface area contributed by atoms with E-state index in [9.17, 15) is 4.79 Å². The van der Waals surface area contributed by atoms with Crippen LogP contribution in [-0.2, 0) is 11.2 Å². The summed E-state index contributed by atoms with van der Waals surface area (Å²) >= 11 is 2.87. The van der Waals surface area contributed by atoms with Crippen molar-refractivity contribution in [3.63, 3.8) is 0 Å². The maximum atomic E-state index is 11.7. The summed E-state index contributed by atoms with van der Waals surface area (Å²) in [7, 11) is 0. The number of carbonyl (C=O) groups is 1. The Morgan fingerprint density at radius 1 is 1.33 bits per heavy atom. The highest BCUT2D eigenvalue weighted by atomic mass is 32.2. The molecule has 0 fully saturated rings. The Hall–Kier alpha value is -1.40. The molecule has 0 saturated heterocycles. The zero-order valence-corrected chi connectivity index (χ0v) is 13.8. The smallest absolute Gasteiger partial charge is 0.230 e. The lowest BCUT2D eigenvalue weighted by atomic mass is 10.0. The largest absolute Gasteiger partial charge is 0.355 e. The van der Waals surface area contributed by atoms with Crippen molar-refractivity contribution in [3.05, 3.63) is 40.9 Å². The summed E-state index contributed by atoms with van der Waals surface area (Å²) in [6.07, 6.45) is 0.855. The Kier molecular flexibility index (Phi) is 6.20. The molecule has 0 radical (unpaired) electrons. The van der Waals surface area contributed by atoms with E-state index in [1.54, 1.807) is 5.51 Å². The van der Waals surface area contributed by atoms with Crippen LogP contribution in [0.4, 0.5) is 0 Å². The van der Waals surface area contributed by atoms with Gasteiger partial charge in [0.15, 0.2) is 4.34 Å². The Labute approximate surface area is 133 Å². The molecule has 0 aliphatic rings. The van der Waals surface area contributed by atoms with Gasteiger partial charge in [0.2, 0.25) is 5.91 Å². The third kappa shape index (κ3) is 5.47. The molecule has 1 amide bonds. The van der Waals surface area contributed by atoms with Crippen molar-refractivity contribution >= 4 is 29.0 Å². The molecule has 1 heterocycles. The molecule has 112 valence electrons. The van der Waals surface area contributed by atoms with Gasteiger partial charge in [-0.2, -0.15) is 0 Å². The molecule has 21 heavy (non-hydrogen) atoms. The van der Waals surface area contributed by atoms with E-state index in [1.807, 2.05) is 0 Å². The van der Waals surface area contributed by atoms with E-state index in [-0.39, 0.29) is 5.91 Å². The first-order chi connectivity index (χ1) is 10.1. The fourth-order valence-electron chi connectivity index (χ4n) is 1.82. The maximum Gasteiger partial charge on any atom is 0.230 e. The molecule has 0 aliphatic carbocycles. The van der Waals surface area contributed by atoms with Gasteiger partial charge in [0.1, 0.15) is 5.51 Å². The number of carbonyl (C=O) groups excluding carboxylic acids is 1. The summed E-state index contributed by atoms with van der Waals surface area (Å²) in [5.41, 5.74) is 4.26. The van der Waals surface area contributed by atoms with Crippen LogP contribution in [0, 0.1) is 0 Å². The number of amides is 1. The summed E-state index contributed by atoms with van der Waals surface area (Å²) in [6.45, 7) is 5.03. The van der Waals surface area contributed by atoms with Gasteiger partial charge in [0.05, 0.1) is 5.75 Å². The van der Waals surface area contributed by atoms with E-state index in [0.29, 0.717) is 18.2 Å². The molecule has 0 aliphatic heterocycles. The Morgan fingerprint density at radius 2 is 2.10 bits per heavy atom. The molecule has 1 aromatic carbocycles. The number of hydrogen-bond acceptors (Lipinski definition) is 5. The van der Waals surface area contributed by atoms with Gasteiger partial charge in [-0.05, 0) is 23.5 Å². The molecule has 1 N–H and O–H groups in total. The first kappa shape index (κ1) is 16.0. The highest BCUT2D eigenvalue weighted by Gasteiger charge is 2.05. The van der Waals surface area contributed by atoms with Crippen LogP contribution in [-0.4, -0.2) is 28.4 Å². The highest BCUT2D eigenvalue weighted by molar-refractivity contribution is 8.01. The van der Waals surface area contributed by atoms with Crippen molar-refractivity contribution in [1.82, 2.24) is 15.5 Å². The normalized spacial score (nSPS) is 10.8. The molecule has 0 spiro atoms. The van der Waals surface area contributed by atoms with Crippen LogP contribution in [0.5, 0.6) is 0 Å². The summed E-state index contributed by atoms with van der Waals surface area (Å²) in [6, 6.07) is 8.59. The number of aromatic nitrogens is 2. The molecule has 0 atom stereocenters. The Bertz CT molecular complexity index is 553. The van der Waals surface area contributed by atoms with Crippen molar-refractivity contribution < 1.29 is 4.79 Å². The van der Waals surface area contributed by atoms with E-state index in [0.717, 1.165) is 10.8 Å². The van der Waals surface area contributed by atoms with Gasteiger partial charge in [-0.1, -0.05) is 61.2 Å². The van der Waals surface area contributed by atoms with Gasteiger partial charge in [-0.15, -0.1) is 10.2 Å². The minimum atomic E-state index is 0.0361. The molecule has 0 unspecified atom stereocenters. The van der Waals surface area contributed by atoms with Crippen molar-refractivity contribution in [2.45, 2.75) is 30.5 Å². The second-order valence-corrected chi connectivity index (χ2v) is 7.05. The SMILES string of the molecule is CC(C)c1ccc(CCNC(=O)CSc2nncs2)cc1. The van der Waals surface area contributed by atoms with Crippen molar-refractivity contribution in [1.29, 1.82) is 0 Å². The quantitative estimate of drug-likeness (QED) is 0.796. The van der Waals surface area contributed by atoms with Crippen LogP contribution in [0.2, 0.25) is 0 Å². The summed E-state index contributed by atoms with van der Waals surface area (Å²) < 4.78 is 0.828. The predicted octanol–water partition coefficient (Wildman–Crippen LogP) is 3.11. The van der Waals surface area contributed by atoms with Crippen LogP contribution in [0.3, 0.4) is 0 Å². The molecule has 6 heteroatoms. The minimum absolute atomic E-state index is 0.0361. The van der Waals surface area contributed by atoms with Crippen molar-refractivity contribution in [3.8, 4) is 0 Å². The zero-order chi connectivity index (χ0) is 15.1. The molecule has 2 aromatic rings. The molecule has 0 saturated carbocycles. The topological polar surface area (TPSA) is 54.9 Å². The van der Waals surface area contributed by atoms with Crippen LogP contribution < -0.4 is 5.32 Å². The number of thioether (sulfide) groups is 1.